The number of fused-ring (bicyclic) bond motifs is 1. The third-order valence-electron chi connectivity index (χ3n) is 4.58. The number of carbonyl (C=O) groups excluding carboxylic acids is 1. The Morgan fingerprint density at radius 3 is 2.53 bits per heavy atom. The second kappa shape index (κ2) is 5.24. The van der Waals surface area contributed by atoms with Gasteiger partial charge in [-0.3, -0.25) is 4.79 Å². The highest BCUT2D eigenvalue weighted by molar-refractivity contribution is 5.94. The second-order valence-corrected chi connectivity index (χ2v) is 5.75. The first kappa shape index (κ1) is 12.5. The summed E-state index contributed by atoms with van der Waals surface area (Å²) < 4.78 is 5.19. The number of likely N-dealkylation sites (tertiary alicyclic amines) is 1. The molecule has 2 atom stereocenters. The molecule has 3 rings (SSSR count). The number of carbonyl (C=O) groups is 1. The summed E-state index contributed by atoms with van der Waals surface area (Å²) in [7, 11) is 1.63. The molecule has 1 amide bonds. The Morgan fingerprint density at radius 1 is 1.21 bits per heavy atom. The summed E-state index contributed by atoms with van der Waals surface area (Å²) in [5.74, 6) is 2.39. The fourth-order valence-electron chi connectivity index (χ4n) is 3.51. The lowest BCUT2D eigenvalue weighted by atomic mass is 9.82. The van der Waals surface area contributed by atoms with Crippen molar-refractivity contribution in [3.63, 3.8) is 0 Å². The Balaban J connectivity index is 1.73. The largest absolute Gasteiger partial charge is 0.497 e. The third kappa shape index (κ3) is 2.46. The number of rotatable bonds is 2. The molecule has 0 aromatic heterocycles. The number of hydrogen-bond donors (Lipinski definition) is 0. The average Bonchev–Trinajstić information content (AvgIpc) is 2.90. The smallest absolute Gasteiger partial charge is 0.254 e. The quantitative estimate of drug-likeness (QED) is 0.817. The van der Waals surface area contributed by atoms with Gasteiger partial charge in [-0.15, -0.1) is 0 Å². The molecule has 1 aliphatic carbocycles. The normalized spacial score (nSPS) is 26.1. The van der Waals surface area contributed by atoms with E-state index in [0.29, 0.717) is 0 Å². The van der Waals surface area contributed by atoms with Crippen LogP contribution in [0.2, 0.25) is 0 Å². The van der Waals surface area contributed by atoms with Gasteiger partial charge in [0.1, 0.15) is 5.75 Å². The van der Waals surface area contributed by atoms with Crippen molar-refractivity contribution >= 4 is 5.91 Å². The van der Waals surface area contributed by atoms with Crippen LogP contribution in [0.15, 0.2) is 24.3 Å². The van der Waals surface area contributed by atoms with Crippen LogP contribution in [0.3, 0.4) is 0 Å². The topological polar surface area (TPSA) is 29.5 Å². The van der Waals surface area contributed by atoms with E-state index in [1.165, 1.54) is 25.7 Å². The Bertz CT molecular complexity index is 458. The Kier molecular flexibility index (Phi) is 3.45. The van der Waals surface area contributed by atoms with Gasteiger partial charge >= 0.3 is 0 Å². The van der Waals surface area contributed by atoms with Crippen LogP contribution in [-0.4, -0.2) is 31.0 Å². The average molecular weight is 259 g/mol. The van der Waals surface area contributed by atoms with Crippen LogP contribution in [0.4, 0.5) is 0 Å². The van der Waals surface area contributed by atoms with E-state index in [9.17, 15) is 4.79 Å². The summed E-state index contributed by atoms with van der Waals surface area (Å²) in [5, 5.41) is 0. The van der Waals surface area contributed by atoms with Gasteiger partial charge in [0, 0.05) is 18.7 Å². The van der Waals surface area contributed by atoms with Gasteiger partial charge in [0.2, 0.25) is 0 Å². The minimum absolute atomic E-state index is 0.160. The molecule has 1 aromatic carbocycles. The minimum atomic E-state index is 0.160. The monoisotopic (exact) mass is 259 g/mol. The molecule has 2 unspecified atom stereocenters. The molecule has 102 valence electrons. The van der Waals surface area contributed by atoms with E-state index in [1.54, 1.807) is 7.11 Å². The lowest BCUT2D eigenvalue weighted by Crippen LogP contribution is -2.28. The van der Waals surface area contributed by atoms with Crippen LogP contribution in [0.1, 0.15) is 36.0 Å². The molecule has 2 fully saturated rings. The lowest BCUT2D eigenvalue weighted by Gasteiger charge is -2.22. The van der Waals surface area contributed by atoms with Gasteiger partial charge in [-0.25, -0.2) is 0 Å². The van der Waals surface area contributed by atoms with E-state index in [0.717, 1.165) is 36.2 Å². The summed E-state index contributed by atoms with van der Waals surface area (Å²) in [6.07, 6.45) is 5.27. The summed E-state index contributed by atoms with van der Waals surface area (Å²) in [6.45, 7) is 1.89. The van der Waals surface area contributed by atoms with Gasteiger partial charge < -0.3 is 9.64 Å². The lowest BCUT2D eigenvalue weighted by molar-refractivity contribution is 0.0783. The van der Waals surface area contributed by atoms with Crippen LogP contribution in [0, 0.1) is 11.8 Å². The molecule has 3 heteroatoms. The fourth-order valence-corrected chi connectivity index (χ4v) is 3.51. The zero-order valence-corrected chi connectivity index (χ0v) is 11.5. The maximum absolute atomic E-state index is 12.5. The van der Waals surface area contributed by atoms with Crippen LogP contribution in [0.5, 0.6) is 5.75 Å². The van der Waals surface area contributed by atoms with E-state index in [4.69, 9.17) is 4.74 Å². The number of nitrogens with zero attached hydrogens (tertiary/aromatic N) is 1. The predicted molar refractivity (Wildman–Crippen MR) is 74.3 cm³/mol. The Hall–Kier alpha value is -1.51. The number of ether oxygens (including phenoxy) is 1. The van der Waals surface area contributed by atoms with Crippen molar-refractivity contribution in [1.82, 2.24) is 4.90 Å². The molecule has 0 radical (unpaired) electrons. The van der Waals surface area contributed by atoms with Crippen LogP contribution in [-0.2, 0) is 0 Å². The van der Waals surface area contributed by atoms with Crippen molar-refractivity contribution < 1.29 is 9.53 Å². The Morgan fingerprint density at radius 2 is 1.89 bits per heavy atom. The molecule has 1 saturated carbocycles. The Labute approximate surface area is 114 Å². The highest BCUT2D eigenvalue weighted by Crippen LogP contribution is 2.36. The van der Waals surface area contributed by atoms with E-state index in [-0.39, 0.29) is 5.91 Å². The number of hydrogen-bond acceptors (Lipinski definition) is 2. The van der Waals surface area contributed by atoms with Crippen molar-refractivity contribution in [2.45, 2.75) is 25.7 Å². The summed E-state index contributed by atoms with van der Waals surface area (Å²) >= 11 is 0. The first-order chi connectivity index (χ1) is 9.28. The molecular formula is C16H21NO2. The van der Waals surface area contributed by atoms with Crippen molar-refractivity contribution in [3.05, 3.63) is 29.8 Å². The van der Waals surface area contributed by atoms with Crippen molar-refractivity contribution in [3.8, 4) is 5.75 Å². The van der Waals surface area contributed by atoms with Crippen molar-refractivity contribution in [2.24, 2.45) is 11.8 Å². The molecule has 1 heterocycles. The van der Waals surface area contributed by atoms with Gasteiger partial charge in [0.05, 0.1) is 7.11 Å². The van der Waals surface area contributed by atoms with E-state index >= 15 is 0 Å². The fraction of sp³-hybridized carbons (Fsp3) is 0.562. The van der Waals surface area contributed by atoms with Crippen molar-refractivity contribution in [2.75, 3.05) is 20.2 Å². The summed E-state index contributed by atoms with van der Waals surface area (Å²) in [4.78, 5) is 14.6. The zero-order chi connectivity index (χ0) is 13.2. The van der Waals surface area contributed by atoms with Gasteiger partial charge in [-0.2, -0.15) is 0 Å². The van der Waals surface area contributed by atoms with Gasteiger partial charge in [-0.1, -0.05) is 18.9 Å². The highest BCUT2D eigenvalue weighted by Gasteiger charge is 2.36. The van der Waals surface area contributed by atoms with E-state index in [2.05, 4.69) is 0 Å². The molecule has 19 heavy (non-hydrogen) atoms. The predicted octanol–water partition coefficient (Wildman–Crippen LogP) is 2.96. The molecule has 1 aromatic rings. The van der Waals surface area contributed by atoms with E-state index < -0.39 is 0 Å². The number of amides is 1. The van der Waals surface area contributed by atoms with Crippen LogP contribution >= 0.6 is 0 Å². The SMILES string of the molecule is COc1cccc(C(=O)N2CC3CCCCC3C2)c1. The third-order valence-corrected chi connectivity index (χ3v) is 4.58. The van der Waals surface area contributed by atoms with Gasteiger partial charge in [0.15, 0.2) is 0 Å². The van der Waals surface area contributed by atoms with Gasteiger partial charge in [-0.05, 0) is 42.9 Å². The van der Waals surface area contributed by atoms with E-state index in [1.807, 2.05) is 29.2 Å². The van der Waals surface area contributed by atoms with Crippen molar-refractivity contribution in [1.29, 1.82) is 0 Å². The summed E-state index contributed by atoms with van der Waals surface area (Å²) in [6, 6.07) is 7.48. The molecule has 0 N–H and O–H groups in total. The number of benzene rings is 1. The van der Waals surface area contributed by atoms with Crippen LogP contribution in [0.25, 0.3) is 0 Å². The first-order valence-electron chi connectivity index (χ1n) is 7.21. The molecule has 0 spiro atoms. The zero-order valence-electron chi connectivity index (χ0n) is 11.5. The summed E-state index contributed by atoms with van der Waals surface area (Å²) in [5.41, 5.74) is 0.748. The molecular weight excluding hydrogens is 238 g/mol. The molecule has 3 nitrogen and oxygen atoms in total. The highest BCUT2D eigenvalue weighted by atomic mass is 16.5. The van der Waals surface area contributed by atoms with Crippen LogP contribution < -0.4 is 4.74 Å². The van der Waals surface area contributed by atoms with Gasteiger partial charge in [0.25, 0.3) is 5.91 Å². The maximum Gasteiger partial charge on any atom is 0.254 e. The molecule has 1 saturated heterocycles. The standard InChI is InChI=1S/C16H21NO2/c1-19-15-8-4-7-12(9-15)16(18)17-10-13-5-2-3-6-14(13)11-17/h4,7-9,13-14H,2-3,5-6,10-11H2,1H3. The number of methoxy groups -OCH3 is 1. The first-order valence-corrected chi connectivity index (χ1v) is 7.21. The maximum atomic E-state index is 12.5. The second-order valence-electron chi connectivity index (χ2n) is 5.75. The minimum Gasteiger partial charge on any atom is -0.497 e. The molecule has 1 aliphatic heterocycles. The molecule has 0 bridgehead atoms. The molecule has 2 aliphatic rings.